The van der Waals surface area contributed by atoms with E-state index in [1.807, 2.05) is 0 Å². The molecule has 180 valence electrons. The van der Waals surface area contributed by atoms with Crippen LogP contribution < -0.4 is 4.18 Å². The Labute approximate surface area is 193 Å². The van der Waals surface area contributed by atoms with E-state index in [-0.39, 0.29) is 19.0 Å². The summed E-state index contributed by atoms with van der Waals surface area (Å²) in [6.45, 7) is 3.15. The molecule has 0 unspecified atom stereocenters. The van der Waals surface area contributed by atoms with Crippen molar-refractivity contribution in [1.82, 2.24) is 4.31 Å². The highest BCUT2D eigenvalue weighted by atomic mass is 32.2. The van der Waals surface area contributed by atoms with Gasteiger partial charge >= 0.3 is 22.1 Å². The number of ether oxygens (including phenoxy) is 2. The highest BCUT2D eigenvalue weighted by Crippen LogP contribution is 2.27. The number of esters is 2. The average molecular weight is 500 g/mol. The Morgan fingerprint density at radius 2 is 1.36 bits per heavy atom. The Hall–Kier alpha value is -2.96. The molecule has 0 bridgehead atoms. The largest absolute Gasteiger partial charge is 0.465 e. The number of carbonyl (C=O) groups is 2. The van der Waals surface area contributed by atoms with Crippen LogP contribution in [0.4, 0.5) is 0 Å². The lowest BCUT2D eigenvalue weighted by Gasteiger charge is -2.21. The molecule has 0 aromatic heterocycles. The number of nitrogens with zero attached hydrogens (tertiary/aromatic N) is 1. The van der Waals surface area contributed by atoms with Crippen LogP contribution in [0.25, 0.3) is 0 Å². The molecule has 0 aliphatic carbocycles. The zero-order valence-electron chi connectivity index (χ0n) is 18.4. The van der Waals surface area contributed by atoms with E-state index in [0.29, 0.717) is 4.31 Å². The van der Waals surface area contributed by atoms with Crippen LogP contribution in [0, 0.1) is 6.92 Å². The lowest BCUT2D eigenvalue weighted by molar-refractivity contribution is -0.146. The summed E-state index contributed by atoms with van der Waals surface area (Å²) < 4.78 is 67.9. The van der Waals surface area contributed by atoms with Crippen LogP contribution in [0.3, 0.4) is 0 Å². The van der Waals surface area contributed by atoms with E-state index in [4.69, 9.17) is 13.7 Å². The van der Waals surface area contributed by atoms with Gasteiger partial charge in [-0.25, -0.2) is 8.42 Å². The third-order valence-corrected chi connectivity index (χ3v) is 7.44. The molecule has 0 saturated carbocycles. The van der Waals surface area contributed by atoms with Crippen LogP contribution in [0.15, 0.2) is 58.3 Å². The van der Waals surface area contributed by atoms with E-state index >= 15 is 0 Å². The molecular formula is C21H25NO9S2. The quantitative estimate of drug-likeness (QED) is 0.335. The molecule has 0 N–H and O–H groups in total. The van der Waals surface area contributed by atoms with Gasteiger partial charge in [-0.15, -0.1) is 0 Å². The molecule has 2 aromatic carbocycles. The first-order valence-corrected chi connectivity index (χ1v) is 12.8. The minimum atomic E-state index is -4.67. The summed E-state index contributed by atoms with van der Waals surface area (Å²) in [5.74, 6) is -1.83. The molecule has 0 fully saturated rings. The molecule has 0 aliphatic rings. The maximum absolute atomic E-state index is 13.4. The Bertz CT molecular complexity index is 1190. The third-order valence-electron chi connectivity index (χ3n) is 4.15. The predicted octanol–water partition coefficient (Wildman–Crippen LogP) is 1.88. The van der Waals surface area contributed by atoms with Gasteiger partial charge in [0.05, 0.1) is 13.2 Å². The van der Waals surface area contributed by atoms with Gasteiger partial charge in [0.15, 0.2) is 0 Å². The summed E-state index contributed by atoms with van der Waals surface area (Å²) in [5.41, 5.74) is 0.735. The van der Waals surface area contributed by atoms with Gasteiger partial charge < -0.3 is 13.7 Å². The minimum Gasteiger partial charge on any atom is -0.465 e. The average Bonchev–Trinajstić information content (AvgIpc) is 2.73. The lowest BCUT2D eigenvalue weighted by atomic mass is 10.2. The topological polar surface area (TPSA) is 133 Å². The molecule has 0 heterocycles. The molecule has 0 aliphatic heterocycles. The number of aryl methyl sites for hydroxylation is 1. The van der Waals surface area contributed by atoms with Crippen molar-refractivity contribution in [2.24, 2.45) is 0 Å². The summed E-state index contributed by atoms with van der Waals surface area (Å²) >= 11 is 0. The fraction of sp³-hybridized carbons (Fsp3) is 0.333. The molecule has 12 heteroatoms. The summed E-state index contributed by atoms with van der Waals surface area (Å²) in [5, 5.41) is 0. The Balaban J connectivity index is 2.51. The zero-order valence-corrected chi connectivity index (χ0v) is 20.0. The summed E-state index contributed by atoms with van der Waals surface area (Å²) in [4.78, 5) is 22.7. The van der Waals surface area contributed by atoms with E-state index in [2.05, 4.69) is 0 Å². The second kappa shape index (κ2) is 11.3. The molecule has 0 saturated heterocycles. The number of benzene rings is 2. The summed E-state index contributed by atoms with van der Waals surface area (Å²) in [7, 11) is -9.26. The van der Waals surface area contributed by atoms with E-state index in [9.17, 15) is 26.4 Å². The minimum absolute atomic E-state index is 0.00268. The molecule has 2 aromatic rings. The van der Waals surface area contributed by atoms with Gasteiger partial charge in [-0.2, -0.15) is 12.7 Å². The van der Waals surface area contributed by atoms with Crippen molar-refractivity contribution >= 4 is 32.1 Å². The van der Waals surface area contributed by atoms with E-state index < -0.39 is 55.0 Å². The Morgan fingerprint density at radius 1 is 0.818 bits per heavy atom. The van der Waals surface area contributed by atoms with Gasteiger partial charge in [0.2, 0.25) is 10.0 Å². The van der Waals surface area contributed by atoms with Gasteiger partial charge in [-0.05, 0) is 50.6 Å². The molecule has 0 radical (unpaired) electrons. The number of carbonyl (C=O) groups excluding carboxylic acids is 2. The Morgan fingerprint density at radius 3 is 1.88 bits per heavy atom. The SMILES string of the molecule is CCOC(=O)CN(CC(=O)OCC)S(=O)(=O)c1ccccc1S(=O)(=O)Oc1cccc(C)c1. The van der Waals surface area contributed by atoms with Gasteiger partial charge in [0, 0.05) is 0 Å². The summed E-state index contributed by atoms with van der Waals surface area (Å²) in [6, 6.07) is 11.0. The lowest BCUT2D eigenvalue weighted by Crippen LogP contribution is -2.41. The monoisotopic (exact) mass is 499 g/mol. The van der Waals surface area contributed by atoms with Crippen LogP contribution in [-0.2, 0) is 39.2 Å². The number of rotatable bonds is 11. The highest BCUT2D eigenvalue weighted by molar-refractivity contribution is 7.91. The zero-order chi connectivity index (χ0) is 24.6. The van der Waals surface area contributed by atoms with Crippen molar-refractivity contribution in [3.8, 4) is 5.75 Å². The molecule has 0 atom stereocenters. The number of hydrogen-bond acceptors (Lipinski definition) is 9. The van der Waals surface area contributed by atoms with Crippen LogP contribution in [0.2, 0.25) is 0 Å². The van der Waals surface area contributed by atoms with Crippen molar-refractivity contribution in [1.29, 1.82) is 0 Å². The molecule has 0 amide bonds. The maximum atomic E-state index is 13.4. The van der Waals surface area contributed by atoms with Crippen LogP contribution in [-0.4, -0.2) is 59.4 Å². The van der Waals surface area contributed by atoms with Crippen molar-refractivity contribution in [2.75, 3.05) is 26.3 Å². The van der Waals surface area contributed by atoms with Crippen molar-refractivity contribution < 1.29 is 40.1 Å². The van der Waals surface area contributed by atoms with Crippen LogP contribution in [0.5, 0.6) is 5.75 Å². The fourth-order valence-electron chi connectivity index (χ4n) is 2.77. The van der Waals surface area contributed by atoms with E-state index in [1.54, 1.807) is 19.1 Å². The first-order valence-electron chi connectivity index (χ1n) is 9.92. The molecule has 2 rings (SSSR count). The number of hydrogen-bond donors (Lipinski definition) is 0. The molecule has 33 heavy (non-hydrogen) atoms. The fourth-order valence-corrected chi connectivity index (χ4v) is 5.81. The molecule has 0 spiro atoms. The van der Waals surface area contributed by atoms with E-state index in [0.717, 1.165) is 17.7 Å². The van der Waals surface area contributed by atoms with Crippen LogP contribution >= 0.6 is 0 Å². The van der Waals surface area contributed by atoms with Gasteiger partial charge in [-0.3, -0.25) is 9.59 Å². The number of sulfonamides is 1. The molecular weight excluding hydrogens is 474 g/mol. The standard InChI is InChI=1S/C21H25NO9S2/c1-4-29-20(23)14-22(15-21(24)30-5-2)32(25,26)18-11-6-7-12-19(18)33(27,28)31-17-10-8-9-16(3)13-17/h6-13H,4-5,14-15H2,1-3H3. The first kappa shape index (κ1) is 26.3. The maximum Gasteiger partial charge on any atom is 0.340 e. The second-order valence-corrected chi connectivity index (χ2v) is 10.1. The summed E-state index contributed by atoms with van der Waals surface area (Å²) in [6.07, 6.45) is 0. The Kier molecular flexibility index (Phi) is 8.97. The predicted molar refractivity (Wildman–Crippen MR) is 117 cm³/mol. The molecule has 10 nitrogen and oxygen atoms in total. The van der Waals surface area contributed by atoms with Gasteiger partial charge in [-0.1, -0.05) is 24.3 Å². The van der Waals surface area contributed by atoms with Gasteiger partial charge in [0.1, 0.15) is 28.6 Å². The normalized spacial score (nSPS) is 11.8. The highest BCUT2D eigenvalue weighted by Gasteiger charge is 2.35. The first-order chi connectivity index (χ1) is 15.5. The third kappa shape index (κ3) is 7.01. The van der Waals surface area contributed by atoms with Crippen molar-refractivity contribution in [3.63, 3.8) is 0 Å². The van der Waals surface area contributed by atoms with Crippen LogP contribution in [0.1, 0.15) is 19.4 Å². The van der Waals surface area contributed by atoms with Gasteiger partial charge in [0.25, 0.3) is 0 Å². The second-order valence-electron chi connectivity index (χ2n) is 6.68. The smallest absolute Gasteiger partial charge is 0.340 e. The van der Waals surface area contributed by atoms with Crippen molar-refractivity contribution in [3.05, 3.63) is 54.1 Å². The van der Waals surface area contributed by atoms with Crippen molar-refractivity contribution in [2.45, 2.75) is 30.6 Å². The van der Waals surface area contributed by atoms with E-state index in [1.165, 1.54) is 38.1 Å².